The van der Waals surface area contributed by atoms with E-state index in [1.54, 1.807) is 11.1 Å². The van der Waals surface area contributed by atoms with Gasteiger partial charge in [0.2, 0.25) is 0 Å². The van der Waals surface area contributed by atoms with Gasteiger partial charge in [0, 0.05) is 11.1 Å². The Labute approximate surface area is 124 Å². The summed E-state index contributed by atoms with van der Waals surface area (Å²) in [5, 5.41) is 2.76. The van der Waals surface area contributed by atoms with Crippen molar-refractivity contribution in [2.45, 2.75) is 13.1 Å². The SMILES string of the molecule is [Br-].c1ccc2cc3c(cc2c1)C[N+]1(CCOCC1)C3. The number of quaternary nitrogens is 1. The van der Waals surface area contributed by atoms with E-state index >= 15 is 0 Å². The zero-order valence-corrected chi connectivity index (χ0v) is 12.5. The number of fused-ring (bicyclic) bond motifs is 2. The van der Waals surface area contributed by atoms with Crippen LogP contribution in [0.15, 0.2) is 36.4 Å². The molecule has 2 nitrogen and oxygen atoms in total. The fraction of sp³-hybridized carbons (Fsp3) is 0.375. The lowest BCUT2D eigenvalue weighted by molar-refractivity contribution is -0.953. The van der Waals surface area contributed by atoms with Crippen LogP contribution < -0.4 is 17.0 Å². The zero-order valence-electron chi connectivity index (χ0n) is 10.9. The molecule has 0 radical (unpaired) electrons. The second-order valence-electron chi connectivity index (χ2n) is 5.69. The van der Waals surface area contributed by atoms with Crippen molar-refractivity contribution in [3.63, 3.8) is 0 Å². The van der Waals surface area contributed by atoms with Gasteiger partial charge < -0.3 is 26.2 Å². The molecule has 0 amide bonds. The maximum atomic E-state index is 5.52. The van der Waals surface area contributed by atoms with E-state index in [2.05, 4.69) is 36.4 Å². The van der Waals surface area contributed by atoms with Crippen molar-refractivity contribution in [2.75, 3.05) is 26.3 Å². The van der Waals surface area contributed by atoms with E-state index in [0.717, 1.165) is 13.2 Å². The minimum Gasteiger partial charge on any atom is -1.00 e. The van der Waals surface area contributed by atoms with Crippen LogP contribution in [0.4, 0.5) is 0 Å². The van der Waals surface area contributed by atoms with Crippen LogP contribution in [0.1, 0.15) is 11.1 Å². The number of halogens is 1. The van der Waals surface area contributed by atoms with Crippen molar-refractivity contribution in [2.24, 2.45) is 0 Å². The monoisotopic (exact) mass is 319 g/mol. The second kappa shape index (κ2) is 4.89. The van der Waals surface area contributed by atoms with Gasteiger partial charge in [-0.2, -0.15) is 0 Å². The average molecular weight is 320 g/mol. The Bertz CT molecular complexity index is 558. The smallest absolute Gasteiger partial charge is 0.105 e. The van der Waals surface area contributed by atoms with Gasteiger partial charge in [-0.15, -0.1) is 0 Å². The molecule has 1 fully saturated rings. The fourth-order valence-corrected chi connectivity index (χ4v) is 3.45. The van der Waals surface area contributed by atoms with Crippen LogP contribution in [0, 0.1) is 0 Å². The first-order valence-electron chi connectivity index (χ1n) is 6.78. The van der Waals surface area contributed by atoms with Gasteiger partial charge in [0.1, 0.15) is 26.2 Å². The fourth-order valence-electron chi connectivity index (χ4n) is 3.45. The summed E-state index contributed by atoms with van der Waals surface area (Å²) in [7, 11) is 0. The summed E-state index contributed by atoms with van der Waals surface area (Å²) in [5.41, 5.74) is 3.10. The van der Waals surface area contributed by atoms with Crippen LogP contribution in [-0.4, -0.2) is 30.8 Å². The summed E-state index contributed by atoms with van der Waals surface area (Å²) in [5.74, 6) is 0. The van der Waals surface area contributed by atoms with E-state index in [1.165, 1.54) is 41.4 Å². The normalized spacial score (nSPS) is 20.2. The molecule has 0 bridgehead atoms. The third kappa shape index (κ3) is 2.20. The molecule has 1 saturated heterocycles. The molecule has 100 valence electrons. The van der Waals surface area contributed by atoms with Gasteiger partial charge in [0.05, 0.1) is 13.2 Å². The molecule has 3 heteroatoms. The number of rotatable bonds is 0. The largest absolute Gasteiger partial charge is 1.00 e. The minimum absolute atomic E-state index is 0. The van der Waals surface area contributed by atoms with E-state index in [-0.39, 0.29) is 17.0 Å². The van der Waals surface area contributed by atoms with E-state index < -0.39 is 0 Å². The third-order valence-electron chi connectivity index (χ3n) is 4.50. The lowest BCUT2D eigenvalue weighted by Crippen LogP contribution is -3.00. The van der Waals surface area contributed by atoms with E-state index in [4.69, 9.17) is 4.74 Å². The van der Waals surface area contributed by atoms with Crippen LogP contribution in [-0.2, 0) is 17.8 Å². The Kier molecular flexibility index (Phi) is 3.37. The molecule has 19 heavy (non-hydrogen) atoms. The number of nitrogens with zero attached hydrogens (tertiary/aromatic N) is 1. The summed E-state index contributed by atoms with van der Waals surface area (Å²) in [6.07, 6.45) is 0. The van der Waals surface area contributed by atoms with E-state index in [1.807, 2.05) is 0 Å². The molecular formula is C16H18BrNO. The van der Waals surface area contributed by atoms with Crippen LogP contribution >= 0.6 is 0 Å². The van der Waals surface area contributed by atoms with Crippen molar-refractivity contribution < 1.29 is 26.2 Å². The van der Waals surface area contributed by atoms with Gasteiger partial charge in [-0.25, -0.2) is 0 Å². The van der Waals surface area contributed by atoms with Crippen LogP contribution in [0.3, 0.4) is 0 Å². The highest BCUT2D eigenvalue weighted by Gasteiger charge is 2.37. The van der Waals surface area contributed by atoms with Gasteiger partial charge in [-0.05, 0) is 22.9 Å². The Balaban J connectivity index is 0.00000110. The molecule has 2 aromatic carbocycles. The number of hydrogen-bond donors (Lipinski definition) is 0. The molecule has 2 aliphatic heterocycles. The third-order valence-corrected chi connectivity index (χ3v) is 4.50. The first-order chi connectivity index (χ1) is 8.85. The van der Waals surface area contributed by atoms with Crippen molar-refractivity contribution in [1.82, 2.24) is 0 Å². The highest BCUT2D eigenvalue weighted by molar-refractivity contribution is 5.84. The highest BCUT2D eigenvalue weighted by Crippen LogP contribution is 2.33. The molecule has 0 aliphatic carbocycles. The molecule has 0 atom stereocenters. The lowest BCUT2D eigenvalue weighted by atomic mass is 10.0. The number of benzene rings is 2. The lowest BCUT2D eigenvalue weighted by Gasteiger charge is -2.37. The van der Waals surface area contributed by atoms with Crippen molar-refractivity contribution >= 4 is 10.8 Å². The standard InChI is InChI=1S/C16H18NO.BrH/c1-2-4-14-10-16-12-17(5-7-18-8-6-17)11-15(16)9-13(14)3-1;/h1-4,9-10H,5-8,11-12H2;1H/q+1;/p-1. The Morgan fingerprint density at radius 3 is 1.89 bits per heavy atom. The maximum absolute atomic E-state index is 5.52. The molecule has 1 spiro atoms. The topological polar surface area (TPSA) is 9.23 Å². The molecule has 2 heterocycles. The summed E-state index contributed by atoms with van der Waals surface area (Å²) in [6.45, 7) is 6.59. The quantitative estimate of drug-likeness (QED) is 0.606. The molecular weight excluding hydrogens is 302 g/mol. The molecule has 4 rings (SSSR count). The molecule has 2 aliphatic rings. The van der Waals surface area contributed by atoms with E-state index in [9.17, 15) is 0 Å². The van der Waals surface area contributed by atoms with Gasteiger partial charge in [-0.3, -0.25) is 0 Å². The molecule has 0 aromatic heterocycles. The van der Waals surface area contributed by atoms with Gasteiger partial charge in [0.25, 0.3) is 0 Å². The number of morpholine rings is 1. The second-order valence-corrected chi connectivity index (χ2v) is 5.69. The predicted octanol–water partition coefficient (Wildman–Crippen LogP) is -0.296. The highest BCUT2D eigenvalue weighted by atomic mass is 79.9. The molecule has 2 aromatic rings. The summed E-state index contributed by atoms with van der Waals surface area (Å²) >= 11 is 0. The van der Waals surface area contributed by atoms with Crippen molar-refractivity contribution in [3.8, 4) is 0 Å². The van der Waals surface area contributed by atoms with Gasteiger partial charge in [0.15, 0.2) is 0 Å². The number of ether oxygens (including phenoxy) is 1. The van der Waals surface area contributed by atoms with Crippen LogP contribution in [0.25, 0.3) is 10.8 Å². The Morgan fingerprint density at radius 1 is 0.842 bits per heavy atom. The predicted molar refractivity (Wildman–Crippen MR) is 72.2 cm³/mol. The molecule has 0 N–H and O–H groups in total. The summed E-state index contributed by atoms with van der Waals surface area (Å²) < 4.78 is 6.73. The first-order valence-corrected chi connectivity index (χ1v) is 6.78. The number of hydrogen-bond acceptors (Lipinski definition) is 1. The Morgan fingerprint density at radius 2 is 1.37 bits per heavy atom. The average Bonchev–Trinajstić information content (AvgIpc) is 2.73. The van der Waals surface area contributed by atoms with E-state index in [0.29, 0.717) is 0 Å². The van der Waals surface area contributed by atoms with Crippen LogP contribution in [0.2, 0.25) is 0 Å². The van der Waals surface area contributed by atoms with Crippen molar-refractivity contribution in [1.29, 1.82) is 0 Å². The summed E-state index contributed by atoms with van der Waals surface area (Å²) in [6, 6.07) is 13.5. The van der Waals surface area contributed by atoms with Crippen molar-refractivity contribution in [3.05, 3.63) is 47.5 Å². The Hall–Kier alpha value is -0.900. The van der Waals surface area contributed by atoms with Crippen LogP contribution in [0.5, 0.6) is 0 Å². The zero-order chi connectivity index (χ0) is 12.0. The molecule has 0 unspecified atom stereocenters. The van der Waals surface area contributed by atoms with Gasteiger partial charge >= 0.3 is 0 Å². The maximum Gasteiger partial charge on any atom is 0.105 e. The molecule has 0 saturated carbocycles. The summed E-state index contributed by atoms with van der Waals surface area (Å²) in [4.78, 5) is 0. The first kappa shape index (κ1) is 13.1. The minimum atomic E-state index is 0. The van der Waals surface area contributed by atoms with Gasteiger partial charge in [-0.1, -0.05) is 24.3 Å².